The molecule has 1 fully saturated rings. The van der Waals surface area contributed by atoms with Gasteiger partial charge in [-0.15, -0.1) is 0 Å². The van der Waals surface area contributed by atoms with Gasteiger partial charge in [0.2, 0.25) is 0 Å². The molecule has 0 amide bonds. The molecule has 1 radical (unpaired) electrons. The van der Waals surface area contributed by atoms with Crippen molar-refractivity contribution in [2.45, 2.75) is 11.7 Å². The van der Waals surface area contributed by atoms with Crippen LogP contribution in [0.3, 0.4) is 0 Å². The minimum atomic E-state index is -2.69. The molecule has 1 aliphatic carbocycles. The number of hydrogen-bond acceptors (Lipinski definition) is 2. The lowest BCUT2D eigenvalue weighted by atomic mass is 11.0. The zero-order valence-corrected chi connectivity index (χ0v) is 4.90. The second-order valence-electron chi connectivity index (χ2n) is 1.84. The van der Waals surface area contributed by atoms with E-state index in [-0.39, 0.29) is 5.25 Å². The topological polar surface area (TPSA) is 34.1 Å². The highest BCUT2D eigenvalue weighted by atomic mass is 32.2. The van der Waals surface area contributed by atoms with Crippen molar-refractivity contribution in [1.29, 1.82) is 0 Å². The van der Waals surface area contributed by atoms with Gasteiger partial charge in [-0.3, -0.25) is 0 Å². The number of hydrogen-bond donors (Lipinski definition) is 0. The molecule has 0 N–H and O–H groups in total. The second-order valence-corrected chi connectivity index (χ2v) is 4.10. The highest BCUT2D eigenvalue weighted by Crippen LogP contribution is 2.25. The lowest BCUT2D eigenvalue weighted by molar-refractivity contribution is 0.601. The summed E-state index contributed by atoms with van der Waals surface area (Å²) >= 11 is 0. The van der Waals surface area contributed by atoms with Crippen LogP contribution in [0.4, 0.5) is 0 Å². The third-order valence-electron chi connectivity index (χ3n) is 0.978. The van der Waals surface area contributed by atoms with Crippen LogP contribution in [0.2, 0.25) is 0 Å². The average Bonchev–Trinajstić information content (AvgIpc) is 1.99. The van der Waals surface area contributed by atoms with E-state index in [9.17, 15) is 8.42 Å². The predicted octanol–water partition coefficient (Wildman–Crippen LogP) is 0.00759. The molecule has 1 aliphatic rings. The molecular formula is C4H7O2S. The van der Waals surface area contributed by atoms with Gasteiger partial charge in [0.25, 0.3) is 0 Å². The summed E-state index contributed by atoms with van der Waals surface area (Å²) in [5.74, 6) is 0. The van der Waals surface area contributed by atoms with Gasteiger partial charge in [0.05, 0.1) is 5.25 Å². The van der Waals surface area contributed by atoms with E-state index in [1.54, 1.807) is 6.42 Å². The Balaban J connectivity index is 2.71. The molecule has 0 aliphatic heterocycles. The van der Waals surface area contributed by atoms with Gasteiger partial charge in [0, 0.05) is 6.26 Å². The Kier molecular flexibility index (Phi) is 0.885. The largest absolute Gasteiger partial charge is 0.229 e. The average molecular weight is 119 g/mol. The molecule has 0 bridgehead atoms. The zero-order chi connectivity index (χ0) is 5.49. The molecule has 1 unspecified atom stereocenters. The van der Waals surface area contributed by atoms with E-state index in [0.717, 1.165) is 6.42 Å². The molecule has 1 atom stereocenters. The smallest absolute Gasteiger partial charge is 0.150 e. The molecule has 0 aromatic heterocycles. The standard InChI is InChI=1S/C4H7O2S/c1-7(5,6)4-2-3-4/h2,4H,3H2,1H3. The Hall–Kier alpha value is -0.0500. The summed E-state index contributed by atoms with van der Waals surface area (Å²) in [7, 11) is -2.69. The fraction of sp³-hybridized carbons (Fsp3) is 0.750. The first-order valence-corrected chi connectivity index (χ1v) is 4.08. The van der Waals surface area contributed by atoms with E-state index in [2.05, 4.69) is 0 Å². The maximum Gasteiger partial charge on any atom is 0.150 e. The molecule has 0 spiro atoms. The second kappa shape index (κ2) is 1.22. The van der Waals surface area contributed by atoms with Crippen molar-refractivity contribution in [3.05, 3.63) is 6.42 Å². The van der Waals surface area contributed by atoms with Gasteiger partial charge in [-0.2, -0.15) is 0 Å². The van der Waals surface area contributed by atoms with Crippen LogP contribution in [0.1, 0.15) is 6.42 Å². The van der Waals surface area contributed by atoms with Gasteiger partial charge in [0.15, 0.2) is 9.84 Å². The van der Waals surface area contributed by atoms with Crippen molar-refractivity contribution in [1.82, 2.24) is 0 Å². The van der Waals surface area contributed by atoms with Crippen molar-refractivity contribution in [3.63, 3.8) is 0 Å². The Labute approximate surface area is 43.5 Å². The summed E-state index contributed by atoms with van der Waals surface area (Å²) in [5.41, 5.74) is 0. The van der Waals surface area contributed by atoms with Crippen LogP contribution in [-0.4, -0.2) is 19.9 Å². The van der Waals surface area contributed by atoms with Crippen LogP contribution in [0.25, 0.3) is 0 Å². The SMILES string of the molecule is CS(=O)(=O)C1[CH]C1. The Morgan fingerprint density at radius 1 is 1.71 bits per heavy atom. The summed E-state index contributed by atoms with van der Waals surface area (Å²) in [5, 5.41) is -0.104. The first-order chi connectivity index (χ1) is 3.11. The van der Waals surface area contributed by atoms with Crippen molar-refractivity contribution >= 4 is 9.84 Å². The van der Waals surface area contributed by atoms with E-state index >= 15 is 0 Å². The first-order valence-electron chi connectivity index (χ1n) is 2.13. The van der Waals surface area contributed by atoms with Gasteiger partial charge in [-0.1, -0.05) is 0 Å². The van der Waals surface area contributed by atoms with E-state index < -0.39 is 9.84 Å². The van der Waals surface area contributed by atoms with Crippen LogP contribution < -0.4 is 0 Å². The van der Waals surface area contributed by atoms with Crippen molar-refractivity contribution in [2.24, 2.45) is 0 Å². The van der Waals surface area contributed by atoms with Gasteiger partial charge < -0.3 is 0 Å². The van der Waals surface area contributed by atoms with Crippen LogP contribution >= 0.6 is 0 Å². The molecule has 0 aromatic rings. The highest BCUT2D eigenvalue weighted by molar-refractivity contribution is 7.91. The monoisotopic (exact) mass is 119 g/mol. The third-order valence-corrected chi connectivity index (χ3v) is 2.46. The molecular weight excluding hydrogens is 112 g/mol. The summed E-state index contributed by atoms with van der Waals surface area (Å²) in [6.45, 7) is 0. The lowest BCUT2D eigenvalue weighted by Gasteiger charge is -1.84. The van der Waals surface area contributed by atoms with E-state index in [0.29, 0.717) is 0 Å². The van der Waals surface area contributed by atoms with Crippen molar-refractivity contribution < 1.29 is 8.42 Å². The maximum absolute atomic E-state index is 10.4. The molecule has 0 heterocycles. The van der Waals surface area contributed by atoms with Crippen LogP contribution in [-0.2, 0) is 9.84 Å². The van der Waals surface area contributed by atoms with Gasteiger partial charge in [-0.05, 0) is 12.8 Å². The molecule has 1 rings (SSSR count). The molecule has 1 saturated carbocycles. The predicted molar refractivity (Wildman–Crippen MR) is 27.5 cm³/mol. The Morgan fingerprint density at radius 2 is 2.14 bits per heavy atom. The summed E-state index contributed by atoms with van der Waals surface area (Å²) < 4.78 is 20.7. The van der Waals surface area contributed by atoms with Gasteiger partial charge in [-0.25, -0.2) is 8.42 Å². The molecule has 3 heteroatoms. The van der Waals surface area contributed by atoms with E-state index in [1.165, 1.54) is 6.26 Å². The first kappa shape index (κ1) is 5.09. The van der Waals surface area contributed by atoms with E-state index in [4.69, 9.17) is 0 Å². The van der Waals surface area contributed by atoms with Gasteiger partial charge in [0.1, 0.15) is 0 Å². The zero-order valence-electron chi connectivity index (χ0n) is 4.09. The minimum absolute atomic E-state index is 0.104. The Morgan fingerprint density at radius 3 is 2.14 bits per heavy atom. The molecule has 41 valence electrons. The fourth-order valence-corrected chi connectivity index (χ4v) is 1.22. The lowest BCUT2D eigenvalue weighted by Crippen LogP contribution is -2.01. The molecule has 0 aromatic carbocycles. The van der Waals surface area contributed by atoms with E-state index in [1.807, 2.05) is 0 Å². The summed E-state index contributed by atoms with van der Waals surface area (Å²) in [6.07, 6.45) is 3.81. The summed E-state index contributed by atoms with van der Waals surface area (Å²) in [4.78, 5) is 0. The Bertz CT molecular complexity index is 153. The van der Waals surface area contributed by atoms with Crippen LogP contribution in [0.5, 0.6) is 0 Å². The van der Waals surface area contributed by atoms with Crippen LogP contribution in [0.15, 0.2) is 0 Å². The normalized spacial score (nSPS) is 22.4. The molecule has 0 saturated heterocycles. The molecule has 7 heavy (non-hydrogen) atoms. The van der Waals surface area contributed by atoms with Crippen LogP contribution in [0, 0.1) is 6.42 Å². The van der Waals surface area contributed by atoms with Crippen molar-refractivity contribution in [3.8, 4) is 0 Å². The third kappa shape index (κ3) is 1.16. The molecule has 2 nitrogen and oxygen atoms in total. The quantitative estimate of drug-likeness (QED) is 0.487. The summed E-state index contributed by atoms with van der Waals surface area (Å²) in [6, 6.07) is 0. The number of rotatable bonds is 1. The number of sulfone groups is 1. The van der Waals surface area contributed by atoms with Crippen molar-refractivity contribution in [2.75, 3.05) is 6.26 Å². The highest BCUT2D eigenvalue weighted by Gasteiger charge is 2.31. The van der Waals surface area contributed by atoms with Gasteiger partial charge >= 0.3 is 0 Å². The minimum Gasteiger partial charge on any atom is -0.229 e. The maximum atomic E-state index is 10.4. The fourth-order valence-electron chi connectivity index (χ4n) is 0.405.